The van der Waals surface area contributed by atoms with E-state index in [2.05, 4.69) is 15.5 Å². The zero-order chi connectivity index (χ0) is 16.1. The number of hydrogen-bond acceptors (Lipinski definition) is 6. The number of ether oxygens (including phenoxy) is 2. The molecule has 2 aromatic rings. The first-order valence-corrected chi connectivity index (χ1v) is 8.27. The summed E-state index contributed by atoms with van der Waals surface area (Å²) >= 11 is 1.38. The summed E-state index contributed by atoms with van der Waals surface area (Å²) in [4.78, 5) is 11.9. The van der Waals surface area contributed by atoms with Crippen LogP contribution in [0.3, 0.4) is 0 Å². The van der Waals surface area contributed by atoms with E-state index < -0.39 is 0 Å². The maximum atomic E-state index is 11.9. The molecule has 6 nitrogen and oxygen atoms in total. The molecule has 0 radical (unpaired) electrons. The number of amides is 1. The van der Waals surface area contributed by atoms with Crippen LogP contribution >= 0.6 is 11.3 Å². The second-order valence-corrected chi connectivity index (χ2v) is 6.00. The highest BCUT2D eigenvalue weighted by atomic mass is 32.1. The summed E-state index contributed by atoms with van der Waals surface area (Å²) in [7, 11) is 0. The largest absolute Gasteiger partial charge is 0.490 e. The molecule has 0 aliphatic carbocycles. The summed E-state index contributed by atoms with van der Waals surface area (Å²) in [5, 5.41) is 12.0. The second kappa shape index (κ2) is 7.23. The summed E-state index contributed by atoms with van der Waals surface area (Å²) in [5.74, 6) is 1.21. The van der Waals surface area contributed by atoms with Crippen LogP contribution in [0.4, 0.5) is 5.13 Å². The number of fused-ring (bicyclic) bond motifs is 1. The Hall–Kier alpha value is -2.41. The number of benzene rings is 1. The molecule has 0 unspecified atom stereocenters. The molecule has 2 heterocycles. The van der Waals surface area contributed by atoms with Crippen molar-refractivity contribution in [2.45, 2.75) is 19.8 Å². The number of aromatic nitrogens is 2. The normalized spacial score (nSPS) is 13.8. The minimum Gasteiger partial charge on any atom is -0.490 e. The molecule has 1 aliphatic heterocycles. The van der Waals surface area contributed by atoms with Gasteiger partial charge in [0.2, 0.25) is 11.0 Å². The van der Waals surface area contributed by atoms with E-state index in [4.69, 9.17) is 9.47 Å². The molecule has 0 saturated heterocycles. The third-order valence-corrected chi connectivity index (χ3v) is 4.18. The highest BCUT2D eigenvalue weighted by molar-refractivity contribution is 7.15. The van der Waals surface area contributed by atoms with Crippen LogP contribution < -0.4 is 14.8 Å². The lowest BCUT2D eigenvalue weighted by Crippen LogP contribution is -2.07. The van der Waals surface area contributed by atoms with E-state index in [-0.39, 0.29) is 5.91 Å². The number of anilines is 1. The molecule has 0 fully saturated rings. The summed E-state index contributed by atoms with van der Waals surface area (Å²) < 4.78 is 11.2. The highest BCUT2D eigenvalue weighted by Gasteiger charge is 2.10. The Bertz CT molecular complexity index is 727. The summed E-state index contributed by atoms with van der Waals surface area (Å²) in [5.41, 5.74) is 0.871. The molecule has 3 rings (SSSR count). The Labute approximate surface area is 138 Å². The molecule has 1 aromatic heterocycles. The van der Waals surface area contributed by atoms with Crippen LogP contribution in [0.5, 0.6) is 11.5 Å². The van der Waals surface area contributed by atoms with Crippen LogP contribution in [0.1, 0.15) is 23.9 Å². The number of aryl methyl sites for hydroxylation is 1. The van der Waals surface area contributed by atoms with Gasteiger partial charge in [0.05, 0.1) is 13.2 Å². The standard InChI is InChI=1S/C16H17N3O3S/c1-2-15-18-19-16(23-15)17-14(20)7-5-11-4-6-12-13(10-11)22-9-3-8-21-12/h4-7,10H,2-3,8-9H2,1H3,(H,17,19,20)/b7-5+. The molecule has 1 N–H and O–H groups in total. The second-order valence-electron chi connectivity index (χ2n) is 4.93. The van der Waals surface area contributed by atoms with E-state index in [9.17, 15) is 4.79 Å². The van der Waals surface area contributed by atoms with Gasteiger partial charge in [-0.15, -0.1) is 10.2 Å². The number of hydrogen-bond donors (Lipinski definition) is 1. The van der Waals surface area contributed by atoms with Crippen molar-refractivity contribution in [3.8, 4) is 11.5 Å². The van der Waals surface area contributed by atoms with Gasteiger partial charge in [-0.1, -0.05) is 24.3 Å². The zero-order valence-corrected chi connectivity index (χ0v) is 13.6. The molecule has 1 aromatic carbocycles. The predicted molar refractivity (Wildman–Crippen MR) is 89.0 cm³/mol. The smallest absolute Gasteiger partial charge is 0.250 e. The highest BCUT2D eigenvalue weighted by Crippen LogP contribution is 2.30. The van der Waals surface area contributed by atoms with Gasteiger partial charge < -0.3 is 9.47 Å². The van der Waals surface area contributed by atoms with Crippen LogP contribution in [-0.4, -0.2) is 29.3 Å². The van der Waals surface area contributed by atoms with Gasteiger partial charge in [-0.05, 0) is 30.2 Å². The Morgan fingerprint density at radius 1 is 1.30 bits per heavy atom. The average Bonchev–Trinajstić information content (AvgIpc) is 2.88. The van der Waals surface area contributed by atoms with Crippen LogP contribution in [0.15, 0.2) is 24.3 Å². The van der Waals surface area contributed by atoms with E-state index >= 15 is 0 Å². The average molecular weight is 331 g/mol. The van der Waals surface area contributed by atoms with Crippen molar-refractivity contribution < 1.29 is 14.3 Å². The van der Waals surface area contributed by atoms with Gasteiger partial charge in [0.1, 0.15) is 5.01 Å². The number of carbonyl (C=O) groups is 1. The molecule has 7 heteroatoms. The van der Waals surface area contributed by atoms with Crippen molar-refractivity contribution in [2.24, 2.45) is 0 Å². The van der Waals surface area contributed by atoms with Gasteiger partial charge >= 0.3 is 0 Å². The fourth-order valence-corrected chi connectivity index (χ4v) is 2.73. The first kappa shape index (κ1) is 15.5. The van der Waals surface area contributed by atoms with Crippen molar-refractivity contribution in [1.29, 1.82) is 0 Å². The Morgan fingerprint density at radius 3 is 2.91 bits per heavy atom. The van der Waals surface area contributed by atoms with Gasteiger partial charge in [-0.25, -0.2) is 0 Å². The van der Waals surface area contributed by atoms with E-state index in [1.807, 2.05) is 25.1 Å². The number of carbonyl (C=O) groups excluding carboxylic acids is 1. The molecule has 0 atom stereocenters. The van der Waals surface area contributed by atoms with Crippen molar-refractivity contribution in [1.82, 2.24) is 10.2 Å². The van der Waals surface area contributed by atoms with E-state index in [1.54, 1.807) is 6.08 Å². The minimum absolute atomic E-state index is 0.240. The topological polar surface area (TPSA) is 73.3 Å². The SMILES string of the molecule is CCc1nnc(NC(=O)/C=C/c2ccc3c(c2)OCCCO3)s1. The quantitative estimate of drug-likeness (QED) is 0.872. The zero-order valence-electron chi connectivity index (χ0n) is 12.7. The van der Waals surface area contributed by atoms with Crippen LogP contribution in [0.2, 0.25) is 0 Å². The van der Waals surface area contributed by atoms with Crippen LogP contribution in [0.25, 0.3) is 6.08 Å². The minimum atomic E-state index is -0.240. The Kier molecular flexibility index (Phi) is 4.87. The molecular formula is C16H17N3O3S. The number of nitrogens with zero attached hydrogens (tertiary/aromatic N) is 2. The van der Waals surface area contributed by atoms with E-state index in [0.717, 1.165) is 29.2 Å². The predicted octanol–water partition coefficient (Wildman–Crippen LogP) is 2.91. The summed E-state index contributed by atoms with van der Waals surface area (Å²) in [6.07, 6.45) is 4.86. The molecule has 1 amide bonds. The summed E-state index contributed by atoms with van der Waals surface area (Å²) in [6.45, 7) is 3.29. The van der Waals surface area contributed by atoms with Crippen molar-refractivity contribution in [3.05, 3.63) is 34.8 Å². The van der Waals surface area contributed by atoms with Gasteiger partial charge in [-0.3, -0.25) is 10.1 Å². The Balaban J connectivity index is 1.65. The molecule has 0 saturated carbocycles. The lowest BCUT2D eigenvalue weighted by molar-refractivity contribution is -0.111. The monoisotopic (exact) mass is 331 g/mol. The van der Waals surface area contributed by atoms with Gasteiger partial charge in [0, 0.05) is 12.5 Å². The Morgan fingerprint density at radius 2 is 2.13 bits per heavy atom. The molecule has 0 spiro atoms. The lowest BCUT2D eigenvalue weighted by Gasteiger charge is -2.07. The van der Waals surface area contributed by atoms with Crippen LogP contribution in [0, 0.1) is 0 Å². The molecule has 1 aliphatic rings. The molecule has 0 bridgehead atoms. The van der Waals surface area contributed by atoms with Gasteiger partial charge in [0.25, 0.3) is 0 Å². The van der Waals surface area contributed by atoms with Gasteiger partial charge in [-0.2, -0.15) is 0 Å². The van der Waals surface area contributed by atoms with Crippen molar-refractivity contribution in [2.75, 3.05) is 18.5 Å². The van der Waals surface area contributed by atoms with E-state index in [0.29, 0.717) is 24.1 Å². The molecule has 120 valence electrons. The number of nitrogens with one attached hydrogen (secondary N) is 1. The van der Waals surface area contributed by atoms with Crippen molar-refractivity contribution >= 4 is 28.5 Å². The fraction of sp³-hybridized carbons (Fsp3) is 0.312. The lowest BCUT2D eigenvalue weighted by atomic mass is 10.2. The first-order valence-electron chi connectivity index (χ1n) is 7.45. The van der Waals surface area contributed by atoms with Gasteiger partial charge in [0.15, 0.2) is 11.5 Å². The number of rotatable bonds is 4. The summed E-state index contributed by atoms with van der Waals surface area (Å²) in [6, 6.07) is 5.61. The first-order chi connectivity index (χ1) is 11.2. The van der Waals surface area contributed by atoms with Crippen molar-refractivity contribution in [3.63, 3.8) is 0 Å². The van der Waals surface area contributed by atoms with Crippen LogP contribution in [-0.2, 0) is 11.2 Å². The molecule has 23 heavy (non-hydrogen) atoms. The third-order valence-electron chi connectivity index (χ3n) is 3.20. The molecular weight excluding hydrogens is 314 g/mol. The maximum Gasteiger partial charge on any atom is 0.250 e. The fourth-order valence-electron chi connectivity index (χ4n) is 2.05. The van der Waals surface area contributed by atoms with E-state index in [1.165, 1.54) is 17.4 Å². The maximum absolute atomic E-state index is 11.9. The third kappa shape index (κ3) is 4.07.